The maximum Gasteiger partial charge on any atom is 0.303 e. The zero-order valence-electron chi connectivity index (χ0n) is 19.3. The van der Waals surface area contributed by atoms with Crippen LogP contribution in [0, 0.1) is 0 Å². The summed E-state index contributed by atoms with van der Waals surface area (Å²) >= 11 is 0. The van der Waals surface area contributed by atoms with Gasteiger partial charge in [-0.1, -0.05) is 0 Å². The van der Waals surface area contributed by atoms with E-state index >= 15 is 0 Å². The molecule has 0 saturated carbocycles. The van der Waals surface area contributed by atoms with Crippen LogP contribution in [0.3, 0.4) is 0 Å². The van der Waals surface area contributed by atoms with Gasteiger partial charge in [0.25, 0.3) is 0 Å². The molecule has 0 heterocycles. The van der Waals surface area contributed by atoms with Crippen LogP contribution < -0.4 is 5.11 Å². The fourth-order valence-electron chi connectivity index (χ4n) is 0.590. The Morgan fingerprint density at radius 1 is 1.64 bits per heavy atom. The summed E-state index contributed by atoms with van der Waals surface area (Å²) in [4.78, 5) is 22.1. The highest BCUT2D eigenvalue weighted by molar-refractivity contribution is 5.68. The number of carboxylic acid groups (broad SMARTS) is 1. The van der Waals surface area contributed by atoms with Gasteiger partial charge in [0.1, 0.15) is 6.50 Å². The molecule has 0 N–H and O–H groups in total. The second-order valence-electron chi connectivity index (χ2n) is 2.35. The van der Waals surface area contributed by atoms with E-state index in [1.807, 2.05) is 0 Å². The summed E-state index contributed by atoms with van der Waals surface area (Å²) in [6.07, 6.45) is -5.56. The van der Waals surface area contributed by atoms with E-state index in [0.29, 0.717) is 6.92 Å². The van der Waals surface area contributed by atoms with Gasteiger partial charge in [-0.3, -0.25) is 4.79 Å². The number of aliphatic carboxylic acids is 1. The zero-order valence-corrected chi connectivity index (χ0v) is 7.29. The van der Waals surface area contributed by atoms with Gasteiger partial charge in [-0.25, -0.2) is 0 Å². The van der Waals surface area contributed by atoms with Gasteiger partial charge in [-0.15, -0.1) is 0 Å². The topological polar surface area (TPSA) is 66.4 Å². The largest absolute Gasteiger partial charge is 0.550 e. The summed E-state index contributed by atoms with van der Waals surface area (Å²) < 4.78 is 91.4. The predicted octanol–water partition coefficient (Wildman–Crippen LogP) is -1.24. The molecule has 0 amide bonds. The van der Waals surface area contributed by atoms with Crippen molar-refractivity contribution in [2.75, 3.05) is 27.4 Å². The molecular weight excluding hydrogens is 186 g/mol. The Morgan fingerprint density at radius 2 is 2.21 bits per heavy atom. The molecule has 0 unspecified atom stereocenters. The fourth-order valence-corrected chi connectivity index (χ4v) is 0.590. The molecule has 0 aliphatic carbocycles. The first-order valence-corrected chi connectivity index (χ1v) is 3.37. The van der Waals surface area contributed by atoms with Gasteiger partial charge in [-0.2, -0.15) is 0 Å². The van der Waals surface area contributed by atoms with Crippen LogP contribution in [0.4, 0.5) is 0 Å². The van der Waals surface area contributed by atoms with Crippen LogP contribution in [0.5, 0.6) is 0 Å². The Bertz CT molecular complexity index is 510. The molecule has 0 fully saturated rings. The lowest BCUT2D eigenvalue weighted by molar-refractivity contribution is -0.873. The number of esters is 1. The standard InChI is InChI=1S/C9H17NO4/c1-7(11)14-8(5-9(12)13)6-10(2,3)4/h8H,5-6H2,1-4H3/t8-/m0/s1/i2D3,3D3,4D3,6D2,8D. The zero-order chi connectivity index (χ0) is 21.6. The van der Waals surface area contributed by atoms with Crippen LogP contribution in [0.1, 0.15) is 29.8 Å². The Balaban J connectivity index is 7.20. The Kier molecular flexibility index (Phi) is 1.13. The highest BCUT2D eigenvalue weighted by Gasteiger charge is 2.20. The van der Waals surface area contributed by atoms with Gasteiger partial charge in [0.2, 0.25) is 0 Å². The molecule has 0 aliphatic rings. The Morgan fingerprint density at radius 3 is 2.57 bits per heavy atom. The van der Waals surface area contributed by atoms with Crippen molar-refractivity contribution in [2.45, 2.75) is 19.4 Å². The Hall–Kier alpha value is -1.10. The third-order valence-electron chi connectivity index (χ3n) is 0.864. The van der Waals surface area contributed by atoms with E-state index in [4.69, 9.17) is 16.4 Å². The van der Waals surface area contributed by atoms with Gasteiger partial charge in [0, 0.05) is 19.3 Å². The predicted molar refractivity (Wildman–Crippen MR) is 48.1 cm³/mol. The highest BCUT2D eigenvalue weighted by atomic mass is 16.5. The van der Waals surface area contributed by atoms with Crippen molar-refractivity contribution < 1.29 is 40.4 Å². The monoisotopic (exact) mass is 215 g/mol. The van der Waals surface area contributed by atoms with Crippen molar-refractivity contribution in [3.05, 3.63) is 0 Å². The van der Waals surface area contributed by atoms with Crippen molar-refractivity contribution in [1.29, 1.82) is 0 Å². The minimum absolute atomic E-state index is 0.614. The van der Waals surface area contributed by atoms with E-state index in [9.17, 15) is 14.7 Å². The average Bonchev–Trinajstić information content (AvgIpc) is 2.18. The van der Waals surface area contributed by atoms with Crippen molar-refractivity contribution in [3.8, 4) is 0 Å². The number of nitrogens with zero attached hydrogens (tertiary/aromatic N) is 1. The summed E-state index contributed by atoms with van der Waals surface area (Å²) in [5.41, 5.74) is 0. The minimum Gasteiger partial charge on any atom is -0.550 e. The summed E-state index contributed by atoms with van der Waals surface area (Å²) in [5, 5.41) is 10.9. The number of rotatable bonds is 5. The third-order valence-corrected chi connectivity index (χ3v) is 0.864. The molecule has 0 spiro atoms. The molecule has 0 radical (unpaired) electrons. The normalized spacial score (nSPS) is 32.1. The smallest absolute Gasteiger partial charge is 0.303 e. The molecule has 5 heteroatoms. The van der Waals surface area contributed by atoms with Crippen LogP contribution in [-0.2, 0) is 14.3 Å². The second kappa shape index (κ2) is 4.95. The number of quaternary nitrogens is 1. The van der Waals surface area contributed by atoms with Crippen molar-refractivity contribution in [2.24, 2.45) is 0 Å². The van der Waals surface area contributed by atoms with E-state index < -0.39 is 56.3 Å². The molecule has 0 bridgehead atoms. The number of carbonyl (C=O) groups is 2. The maximum atomic E-state index is 11.2. The van der Waals surface area contributed by atoms with E-state index in [1.165, 1.54) is 0 Å². The summed E-state index contributed by atoms with van der Waals surface area (Å²) in [6.45, 7) is -16.1. The molecule has 0 aliphatic heterocycles. The molecule has 0 saturated heterocycles. The van der Waals surface area contributed by atoms with Crippen LogP contribution in [0.25, 0.3) is 0 Å². The second-order valence-corrected chi connectivity index (χ2v) is 2.35. The van der Waals surface area contributed by atoms with E-state index in [2.05, 4.69) is 4.74 Å². The number of ether oxygens (including phenoxy) is 1. The lowest BCUT2D eigenvalue weighted by Gasteiger charge is -2.28. The minimum atomic E-state index is -4.26. The molecule has 5 nitrogen and oxygen atoms in total. The first-order chi connectivity index (χ1) is 11.1. The molecule has 0 aromatic heterocycles. The highest BCUT2D eigenvalue weighted by Crippen LogP contribution is 2.04. The maximum absolute atomic E-state index is 11.2. The molecule has 0 aromatic rings. The van der Waals surface area contributed by atoms with Gasteiger partial charge < -0.3 is 19.1 Å². The first kappa shape index (κ1) is 3.20. The molecule has 14 heavy (non-hydrogen) atoms. The summed E-state index contributed by atoms with van der Waals surface area (Å²) in [7, 11) is 0. The lowest BCUT2D eigenvalue weighted by atomic mass is 10.2. The van der Waals surface area contributed by atoms with Crippen LogP contribution in [0.2, 0.25) is 0 Å². The molecular formula is C9H17NO4. The van der Waals surface area contributed by atoms with Gasteiger partial charge in [-0.05, 0) is 0 Å². The van der Waals surface area contributed by atoms with E-state index in [0.717, 1.165) is 0 Å². The summed E-state index contributed by atoms with van der Waals surface area (Å²) in [6, 6.07) is 0. The Labute approximate surface area is 101 Å². The number of carbonyl (C=O) groups excluding carboxylic acids is 2. The van der Waals surface area contributed by atoms with E-state index in [1.54, 1.807) is 0 Å². The van der Waals surface area contributed by atoms with Gasteiger partial charge in [0.15, 0.2) is 6.08 Å². The average molecular weight is 215 g/mol. The number of hydrogen-bond acceptors (Lipinski definition) is 4. The molecule has 0 aromatic carbocycles. The molecule has 0 rings (SSSR count). The third kappa shape index (κ3) is 7.54. The van der Waals surface area contributed by atoms with E-state index in [-0.39, 0.29) is 0 Å². The first-order valence-electron chi connectivity index (χ1n) is 9.37. The molecule has 82 valence electrons. The number of carboxylic acids is 1. The number of likely N-dealkylation sites (N-methyl/N-ethyl adjacent to an activating group) is 1. The molecule has 1 atom stereocenters. The van der Waals surface area contributed by atoms with Crippen molar-refractivity contribution >= 4 is 11.9 Å². The van der Waals surface area contributed by atoms with Crippen LogP contribution in [-0.4, -0.2) is 49.9 Å². The van der Waals surface area contributed by atoms with Crippen LogP contribution in [0.15, 0.2) is 0 Å². The van der Waals surface area contributed by atoms with Crippen molar-refractivity contribution in [1.82, 2.24) is 0 Å². The van der Waals surface area contributed by atoms with Crippen LogP contribution >= 0.6 is 0 Å². The lowest BCUT2D eigenvalue weighted by Crippen LogP contribution is -2.45. The van der Waals surface area contributed by atoms with Crippen molar-refractivity contribution in [3.63, 3.8) is 0 Å². The quantitative estimate of drug-likeness (QED) is 0.425. The summed E-state index contributed by atoms with van der Waals surface area (Å²) in [5.74, 6) is -3.67. The fraction of sp³-hybridized carbons (Fsp3) is 0.778. The number of hydrogen-bond donors (Lipinski definition) is 0. The van der Waals surface area contributed by atoms with Gasteiger partial charge >= 0.3 is 5.97 Å². The van der Waals surface area contributed by atoms with Gasteiger partial charge in [0.05, 0.1) is 37.4 Å². The SMILES string of the molecule is [2H]C([2H])([2H])[N+](C([2H])([2H])[2H])(C([2H])([2H])[2H])C([2H])([2H])[C@]([2H])(CC(=O)[O-])OC(C)=O.